The van der Waals surface area contributed by atoms with Crippen molar-refractivity contribution in [1.29, 1.82) is 0 Å². The van der Waals surface area contributed by atoms with Crippen molar-refractivity contribution in [3.05, 3.63) is 46.9 Å². The van der Waals surface area contributed by atoms with Crippen LogP contribution >= 0.6 is 11.8 Å². The summed E-state index contributed by atoms with van der Waals surface area (Å²) in [5.74, 6) is 0.0613. The number of rotatable bonds is 7. The second-order valence-electron chi connectivity index (χ2n) is 7.41. The molecule has 0 saturated carbocycles. The van der Waals surface area contributed by atoms with Crippen LogP contribution in [0.25, 0.3) is 6.08 Å². The van der Waals surface area contributed by atoms with Crippen molar-refractivity contribution in [2.75, 3.05) is 31.7 Å². The van der Waals surface area contributed by atoms with Crippen LogP contribution in [0.2, 0.25) is 0 Å². The van der Waals surface area contributed by atoms with Gasteiger partial charge in [0.05, 0.1) is 11.5 Å². The zero-order chi connectivity index (χ0) is 24.9. The van der Waals surface area contributed by atoms with Crippen LogP contribution in [0.4, 0.5) is 10.5 Å². The average Bonchev–Trinajstić information content (AvgIpc) is 3.07. The summed E-state index contributed by atoms with van der Waals surface area (Å²) in [6.07, 6.45) is 1.52. The molecule has 0 atom stereocenters. The highest BCUT2D eigenvalue weighted by Crippen LogP contribution is 2.35. The van der Waals surface area contributed by atoms with E-state index in [-0.39, 0.29) is 10.7 Å². The third-order valence-corrected chi connectivity index (χ3v) is 5.73. The van der Waals surface area contributed by atoms with E-state index in [0.29, 0.717) is 48.3 Å². The summed E-state index contributed by atoms with van der Waals surface area (Å²) < 4.78 is 21.6. The first-order valence-electron chi connectivity index (χ1n) is 10.7. The molecule has 2 aliphatic heterocycles. The number of benzene rings is 2. The number of anilines is 1. The molecule has 0 bridgehead atoms. The van der Waals surface area contributed by atoms with E-state index in [0.717, 1.165) is 16.7 Å². The number of imide groups is 1. The zero-order valence-corrected chi connectivity index (χ0v) is 19.8. The van der Waals surface area contributed by atoms with E-state index in [9.17, 15) is 19.2 Å². The molecule has 1 N–H and O–H groups in total. The number of carbonyl (C=O) groups is 4. The molecule has 0 aromatic heterocycles. The molecule has 11 heteroatoms. The number of nitrogens with one attached hydrogen (secondary N) is 1. The largest absolute Gasteiger partial charge is 0.490 e. The van der Waals surface area contributed by atoms with Crippen molar-refractivity contribution in [1.82, 2.24) is 4.90 Å². The summed E-state index contributed by atoms with van der Waals surface area (Å²) in [7, 11) is 0. The summed E-state index contributed by atoms with van der Waals surface area (Å²) in [6, 6.07) is 9.72. The normalized spacial score (nSPS) is 15.8. The van der Waals surface area contributed by atoms with E-state index in [2.05, 4.69) is 5.32 Å². The van der Waals surface area contributed by atoms with Crippen LogP contribution in [0.15, 0.2) is 41.3 Å². The minimum Gasteiger partial charge on any atom is -0.490 e. The fourth-order valence-corrected chi connectivity index (χ4v) is 4.21. The predicted molar refractivity (Wildman–Crippen MR) is 128 cm³/mol. The van der Waals surface area contributed by atoms with Crippen molar-refractivity contribution in [3.63, 3.8) is 0 Å². The quantitative estimate of drug-likeness (QED) is 0.348. The fraction of sp³-hybridized carbons (Fsp3) is 0.250. The van der Waals surface area contributed by atoms with Gasteiger partial charge < -0.3 is 24.3 Å². The van der Waals surface area contributed by atoms with Gasteiger partial charge in [0.1, 0.15) is 19.8 Å². The number of thioether (sulfide) groups is 1. The Morgan fingerprint density at radius 2 is 1.86 bits per heavy atom. The van der Waals surface area contributed by atoms with E-state index in [1.807, 2.05) is 0 Å². The van der Waals surface area contributed by atoms with Gasteiger partial charge >= 0.3 is 5.97 Å². The molecular weight excluding hydrogens is 476 g/mol. The number of ether oxygens (including phenoxy) is 4. The molecule has 2 aliphatic rings. The molecule has 182 valence electrons. The Hall–Kier alpha value is -3.99. The number of hydrogen-bond acceptors (Lipinski definition) is 9. The van der Waals surface area contributed by atoms with E-state index in [1.165, 1.54) is 13.0 Å². The van der Waals surface area contributed by atoms with Gasteiger partial charge in [-0.25, -0.2) is 0 Å². The van der Waals surface area contributed by atoms with Gasteiger partial charge in [-0.15, -0.1) is 0 Å². The van der Waals surface area contributed by atoms with Crippen molar-refractivity contribution in [3.8, 4) is 23.0 Å². The van der Waals surface area contributed by atoms with Crippen LogP contribution in [0, 0.1) is 0 Å². The van der Waals surface area contributed by atoms with E-state index >= 15 is 0 Å². The van der Waals surface area contributed by atoms with Gasteiger partial charge in [-0.1, -0.05) is 6.07 Å². The van der Waals surface area contributed by atoms with Crippen molar-refractivity contribution in [2.24, 2.45) is 0 Å². The molecule has 2 heterocycles. The molecule has 1 saturated heterocycles. The lowest BCUT2D eigenvalue weighted by atomic mass is 10.2. The number of carbonyl (C=O) groups excluding carboxylic acids is 4. The Labute approximate surface area is 205 Å². The Morgan fingerprint density at radius 1 is 1.09 bits per heavy atom. The third-order valence-electron chi connectivity index (χ3n) is 4.82. The molecule has 0 aliphatic carbocycles. The average molecular weight is 499 g/mol. The lowest BCUT2D eigenvalue weighted by Gasteiger charge is -2.19. The number of fused-ring (bicyclic) bond motifs is 1. The lowest BCUT2D eigenvalue weighted by Crippen LogP contribution is -2.36. The van der Waals surface area contributed by atoms with Crippen molar-refractivity contribution >= 4 is 46.5 Å². The molecule has 2 aromatic carbocycles. The standard InChI is InChI=1S/C24H22N2O8S/c1-3-31-19-10-15(4-6-18(19)34-14(2)27)11-21-23(29)26(24(30)35-21)13-22(28)25-16-5-7-17-20(12-16)33-9-8-32-17/h4-7,10-12H,3,8-9,13H2,1-2H3,(H,25,28)/b21-11+. The highest BCUT2D eigenvalue weighted by Gasteiger charge is 2.36. The summed E-state index contributed by atoms with van der Waals surface area (Å²) >= 11 is 0.733. The van der Waals surface area contributed by atoms with Crippen LogP contribution in [0.5, 0.6) is 23.0 Å². The molecule has 1 fully saturated rings. The van der Waals surface area contributed by atoms with Gasteiger partial charge in [0.15, 0.2) is 23.0 Å². The molecule has 0 spiro atoms. The maximum absolute atomic E-state index is 12.8. The SMILES string of the molecule is CCOc1cc(/C=C2/SC(=O)N(CC(=O)Nc3ccc4c(c3)OCCO4)C2=O)ccc1OC(C)=O. The topological polar surface area (TPSA) is 120 Å². The Balaban J connectivity index is 1.44. The number of esters is 1. The third kappa shape index (κ3) is 5.75. The van der Waals surface area contributed by atoms with Crippen LogP contribution in [0.3, 0.4) is 0 Å². The minimum absolute atomic E-state index is 0.157. The predicted octanol–water partition coefficient (Wildman–Crippen LogP) is 3.46. The number of hydrogen-bond donors (Lipinski definition) is 1. The van der Waals surface area contributed by atoms with Crippen LogP contribution < -0.4 is 24.3 Å². The monoisotopic (exact) mass is 498 g/mol. The maximum Gasteiger partial charge on any atom is 0.308 e. The van der Waals surface area contributed by atoms with E-state index in [4.69, 9.17) is 18.9 Å². The lowest BCUT2D eigenvalue weighted by molar-refractivity contribution is -0.132. The zero-order valence-electron chi connectivity index (χ0n) is 19.0. The van der Waals surface area contributed by atoms with Gasteiger partial charge in [-0.05, 0) is 54.6 Å². The van der Waals surface area contributed by atoms with Crippen molar-refractivity contribution < 1.29 is 38.1 Å². The minimum atomic E-state index is -0.584. The van der Waals surface area contributed by atoms with Crippen LogP contribution in [0.1, 0.15) is 19.4 Å². The van der Waals surface area contributed by atoms with Gasteiger partial charge in [0.2, 0.25) is 5.91 Å². The van der Waals surface area contributed by atoms with E-state index < -0.39 is 29.6 Å². The van der Waals surface area contributed by atoms with Crippen LogP contribution in [-0.4, -0.2) is 54.3 Å². The Kier molecular flexibility index (Phi) is 7.25. The molecule has 3 amide bonds. The molecular formula is C24H22N2O8S. The number of amides is 3. The van der Waals surface area contributed by atoms with Crippen molar-refractivity contribution in [2.45, 2.75) is 13.8 Å². The number of nitrogens with zero attached hydrogens (tertiary/aromatic N) is 1. The smallest absolute Gasteiger partial charge is 0.308 e. The van der Waals surface area contributed by atoms with Gasteiger partial charge in [0.25, 0.3) is 11.1 Å². The van der Waals surface area contributed by atoms with Gasteiger partial charge in [-0.2, -0.15) is 0 Å². The Morgan fingerprint density at radius 3 is 2.60 bits per heavy atom. The Bertz CT molecular complexity index is 1230. The van der Waals surface area contributed by atoms with Crippen LogP contribution in [-0.2, 0) is 14.4 Å². The highest BCUT2D eigenvalue weighted by atomic mass is 32.2. The molecule has 0 unspecified atom stereocenters. The van der Waals surface area contributed by atoms with Gasteiger partial charge in [0, 0.05) is 18.7 Å². The molecule has 10 nitrogen and oxygen atoms in total. The maximum atomic E-state index is 12.8. The molecule has 35 heavy (non-hydrogen) atoms. The fourth-order valence-electron chi connectivity index (χ4n) is 3.37. The summed E-state index contributed by atoms with van der Waals surface area (Å²) in [5.41, 5.74) is 1.02. The first kappa shape index (κ1) is 24.1. The first-order valence-corrected chi connectivity index (χ1v) is 11.6. The second-order valence-corrected chi connectivity index (χ2v) is 8.40. The summed E-state index contributed by atoms with van der Waals surface area (Å²) in [6.45, 7) is 3.83. The summed E-state index contributed by atoms with van der Waals surface area (Å²) in [4.78, 5) is 50.1. The molecule has 2 aromatic rings. The molecule has 4 rings (SSSR count). The highest BCUT2D eigenvalue weighted by molar-refractivity contribution is 8.18. The summed E-state index contributed by atoms with van der Waals surface area (Å²) in [5, 5.41) is 2.11. The molecule has 0 radical (unpaired) electrons. The second kappa shape index (κ2) is 10.5. The first-order chi connectivity index (χ1) is 16.8. The van der Waals surface area contributed by atoms with E-state index in [1.54, 1.807) is 43.3 Å². The van der Waals surface area contributed by atoms with Gasteiger partial charge in [-0.3, -0.25) is 24.1 Å².